The molecule has 3 nitrogen and oxygen atoms in total. The molecule has 0 aliphatic carbocycles. The van der Waals surface area contributed by atoms with Crippen LogP contribution in [0.1, 0.15) is 12.8 Å². The lowest BCUT2D eigenvalue weighted by atomic mass is 10.3. The van der Waals surface area contributed by atoms with Gasteiger partial charge in [-0.2, -0.15) is 4.99 Å². The number of aryl methyl sites for hydroxylation is 1. The highest BCUT2D eigenvalue weighted by molar-refractivity contribution is 7.78. The molecular weight excluding hydrogens is 196 g/mol. The molecule has 0 aliphatic rings. The van der Waals surface area contributed by atoms with Gasteiger partial charge in [-0.3, -0.25) is 0 Å². The smallest absolute Gasteiger partial charge is 0.195 e. The number of aromatic nitrogens is 1. The van der Waals surface area contributed by atoms with Crippen molar-refractivity contribution in [1.82, 2.24) is 4.98 Å². The summed E-state index contributed by atoms with van der Waals surface area (Å²) in [5.41, 5.74) is 2.34. The summed E-state index contributed by atoms with van der Waals surface area (Å²) in [6.07, 6.45) is 0.792. The molecule has 70 valence electrons. The zero-order valence-electron chi connectivity index (χ0n) is 7.65. The fraction of sp³-hybridized carbons (Fsp3) is 0.200. The molecule has 1 aromatic heterocycles. The Bertz CT molecular complexity index is 512. The molecule has 2 rings (SSSR count). The summed E-state index contributed by atoms with van der Waals surface area (Å²) in [6, 6.07) is 5.51. The van der Waals surface area contributed by atoms with E-state index in [2.05, 4.69) is 27.4 Å². The van der Waals surface area contributed by atoms with Crippen molar-refractivity contribution in [1.29, 1.82) is 0 Å². The normalized spacial score (nSPS) is 10.1. The number of aliphatic imine (C=N–C) groups is 1. The number of nitrogens with zero attached hydrogens (tertiary/aromatic N) is 2. The molecule has 0 N–H and O–H groups in total. The Hall–Kier alpha value is -1.51. The summed E-state index contributed by atoms with van der Waals surface area (Å²) >= 11 is 4.52. The Morgan fingerprint density at radius 3 is 3.14 bits per heavy atom. The maximum atomic E-state index is 5.47. The molecule has 0 saturated carbocycles. The van der Waals surface area contributed by atoms with E-state index < -0.39 is 0 Å². The molecule has 0 unspecified atom stereocenters. The van der Waals surface area contributed by atoms with Gasteiger partial charge in [-0.05, 0) is 24.4 Å². The molecule has 0 aliphatic heterocycles. The van der Waals surface area contributed by atoms with Crippen LogP contribution in [-0.2, 0) is 6.42 Å². The fourth-order valence-electron chi connectivity index (χ4n) is 1.23. The highest BCUT2D eigenvalue weighted by atomic mass is 32.1. The van der Waals surface area contributed by atoms with Crippen LogP contribution in [0.4, 0.5) is 5.69 Å². The predicted molar refractivity (Wildman–Crippen MR) is 58.1 cm³/mol. The van der Waals surface area contributed by atoms with Crippen LogP contribution >= 0.6 is 12.2 Å². The highest BCUT2D eigenvalue weighted by Crippen LogP contribution is 2.21. The number of hydrogen-bond acceptors (Lipinski definition) is 4. The predicted octanol–water partition coefficient (Wildman–Crippen LogP) is 3.12. The van der Waals surface area contributed by atoms with Crippen LogP contribution < -0.4 is 0 Å². The summed E-state index contributed by atoms with van der Waals surface area (Å²) in [5, 5.41) is 2.32. The van der Waals surface area contributed by atoms with Gasteiger partial charge in [-0.1, -0.05) is 6.92 Å². The monoisotopic (exact) mass is 204 g/mol. The second kappa shape index (κ2) is 3.70. The minimum Gasteiger partial charge on any atom is -0.441 e. The van der Waals surface area contributed by atoms with Crippen LogP contribution in [0.5, 0.6) is 0 Å². The summed E-state index contributed by atoms with van der Waals surface area (Å²) < 4.78 is 5.47. The first-order chi connectivity index (χ1) is 6.83. The van der Waals surface area contributed by atoms with E-state index in [-0.39, 0.29) is 0 Å². The quantitative estimate of drug-likeness (QED) is 0.557. The first-order valence-corrected chi connectivity index (χ1v) is 4.71. The van der Waals surface area contributed by atoms with Gasteiger partial charge in [0.25, 0.3) is 0 Å². The van der Waals surface area contributed by atoms with E-state index in [1.807, 2.05) is 19.1 Å². The SMILES string of the molecule is CCc1nc2ccc(N=C=S)cc2o1. The number of isothiocyanates is 1. The van der Waals surface area contributed by atoms with Gasteiger partial charge < -0.3 is 4.42 Å². The molecule has 1 heterocycles. The lowest BCUT2D eigenvalue weighted by molar-refractivity contribution is 0.538. The lowest BCUT2D eigenvalue weighted by Gasteiger charge is -1.88. The summed E-state index contributed by atoms with van der Waals surface area (Å²) in [5.74, 6) is 0.739. The first kappa shape index (κ1) is 9.06. The largest absolute Gasteiger partial charge is 0.441 e. The average Bonchev–Trinajstić information content (AvgIpc) is 2.60. The van der Waals surface area contributed by atoms with Crippen molar-refractivity contribution in [2.24, 2.45) is 4.99 Å². The van der Waals surface area contributed by atoms with Crippen LogP contribution in [0, 0.1) is 0 Å². The van der Waals surface area contributed by atoms with Gasteiger partial charge in [-0.25, -0.2) is 4.98 Å². The van der Waals surface area contributed by atoms with Crippen molar-refractivity contribution in [3.05, 3.63) is 24.1 Å². The Labute approximate surface area is 86.5 Å². The number of rotatable bonds is 2. The zero-order valence-corrected chi connectivity index (χ0v) is 8.47. The van der Waals surface area contributed by atoms with Crippen molar-refractivity contribution >= 4 is 34.2 Å². The standard InChI is InChI=1S/C10H8N2OS/c1-2-10-12-8-4-3-7(11-6-14)5-9(8)13-10/h3-5H,2H2,1H3. The Morgan fingerprint density at radius 2 is 2.43 bits per heavy atom. The van der Waals surface area contributed by atoms with Crippen molar-refractivity contribution < 1.29 is 4.42 Å². The molecule has 0 amide bonds. The van der Waals surface area contributed by atoms with E-state index >= 15 is 0 Å². The van der Waals surface area contributed by atoms with Gasteiger partial charge in [0.2, 0.25) is 0 Å². The van der Waals surface area contributed by atoms with Gasteiger partial charge in [0.1, 0.15) is 5.52 Å². The van der Waals surface area contributed by atoms with E-state index in [0.717, 1.165) is 29.1 Å². The van der Waals surface area contributed by atoms with Gasteiger partial charge >= 0.3 is 0 Å². The highest BCUT2D eigenvalue weighted by Gasteiger charge is 2.03. The molecule has 14 heavy (non-hydrogen) atoms. The van der Waals surface area contributed by atoms with Crippen molar-refractivity contribution in [2.75, 3.05) is 0 Å². The van der Waals surface area contributed by atoms with Crippen LogP contribution in [0.15, 0.2) is 27.6 Å². The number of oxazole rings is 1. The van der Waals surface area contributed by atoms with Crippen LogP contribution in [-0.4, -0.2) is 10.1 Å². The van der Waals surface area contributed by atoms with Crippen LogP contribution in [0.3, 0.4) is 0 Å². The van der Waals surface area contributed by atoms with E-state index in [1.54, 1.807) is 6.07 Å². The maximum Gasteiger partial charge on any atom is 0.195 e. The Kier molecular flexibility index (Phi) is 2.39. The molecule has 2 aromatic rings. The second-order valence-electron chi connectivity index (χ2n) is 2.82. The van der Waals surface area contributed by atoms with E-state index in [4.69, 9.17) is 4.42 Å². The molecule has 0 fully saturated rings. The number of fused-ring (bicyclic) bond motifs is 1. The van der Waals surface area contributed by atoms with Crippen molar-refractivity contribution in [2.45, 2.75) is 13.3 Å². The van der Waals surface area contributed by atoms with Crippen molar-refractivity contribution in [3.8, 4) is 0 Å². The molecule has 4 heteroatoms. The number of thiocarbonyl (C=S) groups is 1. The average molecular weight is 204 g/mol. The Balaban J connectivity index is 2.59. The summed E-state index contributed by atoms with van der Waals surface area (Å²) in [6.45, 7) is 2.00. The van der Waals surface area contributed by atoms with Gasteiger partial charge in [0.05, 0.1) is 10.8 Å². The van der Waals surface area contributed by atoms with Gasteiger partial charge in [0.15, 0.2) is 11.5 Å². The third-order valence-corrected chi connectivity index (χ3v) is 1.98. The van der Waals surface area contributed by atoms with Crippen molar-refractivity contribution in [3.63, 3.8) is 0 Å². The second-order valence-corrected chi connectivity index (χ2v) is 3.00. The van der Waals surface area contributed by atoms with Gasteiger partial charge in [0, 0.05) is 12.5 Å². The van der Waals surface area contributed by atoms with Crippen LogP contribution in [0.25, 0.3) is 11.1 Å². The molecule has 0 atom stereocenters. The fourth-order valence-corrected chi connectivity index (χ4v) is 1.34. The van der Waals surface area contributed by atoms with E-state index in [1.165, 1.54) is 0 Å². The maximum absolute atomic E-state index is 5.47. The molecule has 0 saturated heterocycles. The van der Waals surface area contributed by atoms with E-state index in [0.29, 0.717) is 0 Å². The number of benzene rings is 1. The van der Waals surface area contributed by atoms with Crippen LogP contribution in [0.2, 0.25) is 0 Å². The van der Waals surface area contributed by atoms with E-state index in [9.17, 15) is 0 Å². The Morgan fingerprint density at radius 1 is 1.57 bits per heavy atom. The minimum absolute atomic E-state index is 0.739. The minimum atomic E-state index is 0.739. The molecule has 0 bridgehead atoms. The molecule has 0 spiro atoms. The zero-order chi connectivity index (χ0) is 9.97. The topological polar surface area (TPSA) is 38.4 Å². The first-order valence-electron chi connectivity index (χ1n) is 4.31. The molecular formula is C10H8N2OS. The third kappa shape index (κ3) is 1.58. The third-order valence-electron chi connectivity index (χ3n) is 1.89. The summed E-state index contributed by atoms with van der Waals surface area (Å²) in [7, 11) is 0. The number of hydrogen-bond donors (Lipinski definition) is 0. The molecule has 0 radical (unpaired) electrons. The van der Waals surface area contributed by atoms with Gasteiger partial charge in [-0.15, -0.1) is 0 Å². The summed E-state index contributed by atoms with van der Waals surface area (Å²) in [4.78, 5) is 8.15. The molecule has 1 aromatic carbocycles. The lowest BCUT2D eigenvalue weighted by Crippen LogP contribution is -1.74.